The molecule has 0 radical (unpaired) electrons. The van der Waals surface area contributed by atoms with Crippen LogP contribution in [0.3, 0.4) is 0 Å². The number of pyridine rings is 2. The van der Waals surface area contributed by atoms with E-state index in [1.807, 2.05) is 72.8 Å². The lowest BCUT2D eigenvalue weighted by Crippen LogP contribution is -2.47. The minimum atomic E-state index is -4.61. The number of nitrogens with zero attached hydrogens (tertiary/aromatic N) is 12. The standard InChI is InChI=1S/C51H58ClN9O7S.C49H54ClN9O6S/c1-51(2)19-15-35(43(30-51)33-3-5-36(52)6-4-33)32-58-21-23-59(24-22-58)39-9-13-42(45(28-39)60-46-27-34-16-20-53-49(34)56-44(46)31-54-60)50(62)57-69(65,66)41-12-14-48(47(29-41)61(63)64)68-40-10-7-37(8-11-40)55-38-17-25-67-26-18-38;1-49(2)19-17-33(41(28-49)31-3-5-34(50)6-4-31)30-56-21-23-57(24-22-56)37-11-15-40(43(26-37)58-44-25-32-18-20-51-47(32)54-42(44)29-52-58)48(60)55-66(63,64)39-14-16-46(45(27-39)59(61)62)65-38-12-9-36(10-13-38)53-35-7-8-35/h3-6,9,12-14,16,20,27-29,31,37-38,40,54-55H,7-8,10-11,15,17-19,21-26,30,32H2,1-2H3,(H,57,62);3-6,11,14-16,18,20,25-27,29,35-36,38,52-53H,7-10,12-13,17,19,21-24,28,30H2,1-2H3,(H,55,60). The number of halogens is 2. The third-order valence-corrected chi connectivity index (χ3v) is 31.3. The van der Waals surface area contributed by atoms with E-state index in [9.17, 15) is 46.7 Å². The molecule has 6 N–H and O–H groups in total. The second-order valence-corrected chi connectivity index (χ2v) is 43.1. The summed E-state index contributed by atoms with van der Waals surface area (Å²) in [5, 5.41) is 41.6. The molecule has 31 nitrogen and oxygen atoms in total. The minimum Gasteiger partial charge on any atom is -0.484 e. The number of piperazine rings is 2. The summed E-state index contributed by atoms with van der Waals surface area (Å²) in [5.74, 6) is -1.82. The molecule has 20 rings (SSSR count). The Morgan fingerprint density at radius 2 is 0.874 bits per heavy atom. The molecule has 3 aliphatic heterocycles. The van der Waals surface area contributed by atoms with Gasteiger partial charge in [0, 0.05) is 172 Å². The van der Waals surface area contributed by atoms with Crippen LogP contribution in [0.2, 0.25) is 10.0 Å². The van der Waals surface area contributed by atoms with E-state index in [1.165, 1.54) is 70.5 Å². The molecule has 0 atom stereocenters. The third kappa shape index (κ3) is 21.2. The Morgan fingerprint density at radius 1 is 0.489 bits per heavy atom. The van der Waals surface area contributed by atoms with Crippen LogP contribution < -0.4 is 39.4 Å². The molecule has 0 unspecified atom stereocenters. The molecule has 135 heavy (non-hydrogen) atoms. The molecule has 5 aliphatic carbocycles. The molecule has 6 aromatic heterocycles. The van der Waals surface area contributed by atoms with Crippen molar-refractivity contribution in [1.29, 1.82) is 0 Å². The second-order valence-electron chi connectivity index (χ2n) is 38.8. The van der Waals surface area contributed by atoms with E-state index >= 15 is 0 Å². The Morgan fingerprint density at radius 3 is 1.26 bits per heavy atom. The van der Waals surface area contributed by atoms with E-state index in [0.717, 1.165) is 213 Å². The highest BCUT2D eigenvalue weighted by molar-refractivity contribution is 7.90. The number of hydrogen-bond acceptors (Lipinski definition) is 23. The quantitative estimate of drug-likeness (QED) is 0.0217. The topological polar surface area (TPSA) is 370 Å². The van der Waals surface area contributed by atoms with Crippen molar-refractivity contribution in [3.8, 4) is 22.9 Å². The number of nitro benzene ring substituents is 2. The van der Waals surface area contributed by atoms with Crippen LogP contribution in [0.5, 0.6) is 11.5 Å². The number of anilines is 2. The number of amides is 2. The lowest BCUT2D eigenvalue weighted by molar-refractivity contribution is -0.386. The number of carbonyl (C=O) groups excluding carboxylic acids is 2. The molecule has 8 aliphatic rings. The van der Waals surface area contributed by atoms with Crippen LogP contribution in [0.15, 0.2) is 191 Å². The third-order valence-electron chi connectivity index (χ3n) is 28.1. The Kier molecular flexibility index (Phi) is 26.6. The molecule has 6 aromatic carbocycles. The van der Waals surface area contributed by atoms with Gasteiger partial charge in [-0.1, -0.05) is 86.3 Å². The second kappa shape index (κ2) is 38.8. The van der Waals surface area contributed by atoms with E-state index in [2.05, 4.69) is 112 Å². The van der Waals surface area contributed by atoms with Gasteiger partial charge in [0.1, 0.15) is 11.0 Å². The van der Waals surface area contributed by atoms with Gasteiger partial charge in [-0.05, 0) is 258 Å². The van der Waals surface area contributed by atoms with Gasteiger partial charge in [0.2, 0.25) is 0 Å². The van der Waals surface area contributed by atoms with E-state index in [4.69, 9.17) is 47.4 Å². The van der Waals surface area contributed by atoms with E-state index in [-0.39, 0.29) is 45.7 Å². The monoisotopic (exact) mass is 1910 g/mol. The summed E-state index contributed by atoms with van der Waals surface area (Å²) in [6.45, 7) is 18.9. The summed E-state index contributed by atoms with van der Waals surface area (Å²) >= 11 is 12.5. The summed E-state index contributed by atoms with van der Waals surface area (Å²) in [7, 11) is -9.19. The van der Waals surface area contributed by atoms with Gasteiger partial charge in [-0.15, -0.1) is 0 Å². The van der Waals surface area contributed by atoms with Gasteiger partial charge in [-0.25, -0.2) is 46.2 Å². The number of fused-ring (bicyclic) bond motifs is 4. The molecular formula is C100H112Cl2N18O13S2. The Bertz CT molecular complexity index is 6790. The van der Waals surface area contributed by atoms with Gasteiger partial charge in [-0.2, -0.15) is 0 Å². The largest absolute Gasteiger partial charge is 0.484 e. The van der Waals surface area contributed by atoms with Gasteiger partial charge in [0.15, 0.2) is 22.8 Å². The number of sulfonamides is 2. The summed E-state index contributed by atoms with van der Waals surface area (Å²) in [5.41, 5.74) is 14.1. The predicted octanol–water partition coefficient (Wildman–Crippen LogP) is 17.6. The van der Waals surface area contributed by atoms with Crippen molar-refractivity contribution >= 4 is 133 Å². The number of rotatable bonds is 26. The number of nitrogens with one attached hydrogen (secondary N) is 6. The SMILES string of the molecule is CC1(C)CCC(CN2CCN(c3ccc(C(=O)NS(=O)(=O)c4ccc(OC5CCC(NC6CC6)CC5)c([N+](=O)[O-])c4)c(-n4[nH]cc5nc6nccc6cc54)c3)CC2)=C(c2ccc(Cl)cc2)C1.CC1(C)CCC(CN2CCN(c3ccc(C(=O)NS(=O)(=O)c4ccc(OC5CCC(NC6CCOCC6)CC5)c([N+](=O)[O-])c4)c(-n4[nH]cc5nc6nccc6cc54)c3)CC2)=C(c2ccc(Cl)cc2)C1. The molecule has 0 spiro atoms. The zero-order valence-electron chi connectivity index (χ0n) is 76.1. The van der Waals surface area contributed by atoms with Crippen LogP contribution in [-0.4, -0.2) is 203 Å². The normalized spacial score (nSPS) is 20.6. The Balaban J connectivity index is 0.000000174. The number of ether oxygens (including phenoxy) is 3. The van der Waals surface area contributed by atoms with Crippen molar-refractivity contribution in [2.24, 2.45) is 10.8 Å². The van der Waals surface area contributed by atoms with Crippen LogP contribution in [0.25, 0.3) is 66.7 Å². The van der Waals surface area contributed by atoms with Gasteiger partial charge in [0.05, 0.1) is 65.4 Å². The van der Waals surface area contributed by atoms with Crippen molar-refractivity contribution in [3.63, 3.8) is 0 Å². The lowest BCUT2D eigenvalue weighted by Gasteiger charge is -2.39. The average molecular weight is 1910 g/mol. The fourth-order valence-electron chi connectivity index (χ4n) is 20.3. The molecule has 0 bridgehead atoms. The predicted molar refractivity (Wildman–Crippen MR) is 523 cm³/mol. The molecule has 9 heterocycles. The van der Waals surface area contributed by atoms with Crippen LogP contribution in [0.1, 0.15) is 175 Å². The first-order chi connectivity index (χ1) is 65.0. The number of hydrogen-bond donors (Lipinski definition) is 6. The van der Waals surface area contributed by atoms with Gasteiger partial charge in [-0.3, -0.25) is 59.2 Å². The summed E-state index contributed by atoms with van der Waals surface area (Å²) in [6.07, 6.45) is 23.5. The molecule has 706 valence electrons. The summed E-state index contributed by atoms with van der Waals surface area (Å²) in [6, 6.07) is 43.4. The maximum atomic E-state index is 14.3. The van der Waals surface area contributed by atoms with Gasteiger partial charge in [0.25, 0.3) is 31.9 Å². The van der Waals surface area contributed by atoms with Crippen LogP contribution in [0.4, 0.5) is 22.7 Å². The highest BCUT2D eigenvalue weighted by atomic mass is 35.5. The number of carbonyl (C=O) groups is 2. The molecule has 6 fully saturated rings. The fraction of sp³-hybridized carbons (Fsp3) is 0.420. The Labute approximate surface area is 793 Å². The molecule has 12 aromatic rings. The fourth-order valence-corrected chi connectivity index (χ4v) is 22.6. The van der Waals surface area contributed by atoms with Crippen LogP contribution in [-0.2, 0) is 24.8 Å². The highest BCUT2D eigenvalue weighted by Gasteiger charge is 2.38. The van der Waals surface area contributed by atoms with E-state index in [1.54, 1.807) is 46.3 Å². The number of benzene rings is 6. The number of aromatic nitrogens is 8. The molecule has 3 saturated carbocycles. The van der Waals surface area contributed by atoms with Crippen molar-refractivity contribution in [3.05, 3.63) is 234 Å². The van der Waals surface area contributed by atoms with Crippen molar-refractivity contribution in [2.75, 3.05) is 88.5 Å². The first-order valence-corrected chi connectivity index (χ1v) is 50.7. The van der Waals surface area contributed by atoms with Crippen molar-refractivity contribution in [1.82, 2.24) is 69.4 Å². The maximum Gasteiger partial charge on any atom is 0.312 e. The zero-order valence-corrected chi connectivity index (χ0v) is 79.2. The number of allylic oxidation sites excluding steroid dienone is 2. The Hall–Kier alpha value is -11.7. The minimum absolute atomic E-state index is 0.00171. The average Bonchev–Trinajstić information content (AvgIpc) is 1.66. The molecule has 2 amide bonds. The molecule has 35 heteroatoms. The number of H-pyrrole nitrogens is 2. The first-order valence-electron chi connectivity index (χ1n) is 47.0. The lowest BCUT2D eigenvalue weighted by atomic mass is 9.72. The molecular weight excluding hydrogens is 1800 g/mol. The summed E-state index contributed by atoms with van der Waals surface area (Å²) in [4.78, 5) is 78.7. The van der Waals surface area contributed by atoms with Crippen LogP contribution >= 0.6 is 23.2 Å². The summed E-state index contributed by atoms with van der Waals surface area (Å²) < 4.78 is 81.4. The van der Waals surface area contributed by atoms with Gasteiger partial charge < -0.3 is 34.6 Å². The van der Waals surface area contributed by atoms with Gasteiger partial charge >= 0.3 is 11.4 Å². The zero-order chi connectivity index (χ0) is 93.6. The van der Waals surface area contributed by atoms with Crippen molar-refractivity contribution < 1.29 is 50.5 Å². The first kappa shape index (κ1) is 92.4. The highest BCUT2D eigenvalue weighted by Crippen LogP contribution is 2.47. The number of aromatic amines is 2. The van der Waals surface area contributed by atoms with Crippen molar-refractivity contribution in [2.45, 2.75) is 189 Å². The molecule has 3 saturated heterocycles. The smallest absolute Gasteiger partial charge is 0.312 e. The maximum absolute atomic E-state index is 14.3. The van der Waals surface area contributed by atoms with E-state index < -0.39 is 62.9 Å². The van der Waals surface area contributed by atoms with Crippen LogP contribution in [0, 0.1) is 31.1 Å². The van der Waals surface area contributed by atoms with E-state index in [0.29, 0.717) is 81.7 Å². The number of nitro groups is 2.